The van der Waals surface area contributed by atoms with Crippen molar-refractivity contribution < 1.29 is 9.15 Å². The number of nitrogens with one attached hydrogen (secondary N) is 1. The molecule has 19 heavy (non-hydrogen) atoms. The molecule has 2 aromatic rings. The topological polar surface area (TPSA) is 34.4 Å². The van der Waals surface area contributed by atoms with Gasteiger partial charge in [-0.15, -0.1) is 0 Å². The van der Waals surface area contributed by atoms with Crippen molar-refractivity contribution in [1.29, 1.82) is 0 Å². The van der Waals surface area contributed by atoms with Crippen LogP contribution >= 0.6 is 15.9 Å². The maximum atomic E-state index is 5.82. The van der Waals surface area contributed by atoms with Gasteiger partial charge in [0.2, 0.25) is 0 Å². The molecule has 0 aliphatic carbocycles. The minimum Gasteiger partial charge on any atom is -0.493 e. The molecule has 0 amide bonds. The molecule has 2 rings (SSSR count). The Hall–Kier alpha value is -1.26. The standard InChI is InChI=1S/C15H18BrNO2/c1-3-9-18-13-7-5-4-6-11(13)14(17-2)12-8-10-19-15(12)16/h4-8,10,14,17H,3,9H2,1-2H3. The Morgan fingerprint density at radius 1 is 1.26 bits per heavy atom. The number of furan rings is 1. The molecular weight excluding hydrogens is 306 g/mol. The average molecular weight is 324 g/mol. The number of halogens is 1. The van der Waals surface area contributed by atoms with Crippen LogP contribution in [0.15, 0.2) is 45.7 Å². The summed E-state index contributed by atoms with van der Waals surface area (Å²) < 4.78 is 11.9. The van der Waals surface area contributed by atoms with Crippen molar-refractivity contribution in [3.8, 4) is 5.75 Å². The lowest BCUT2D eigenvalue weighted by atomic mass is 10.0. The number of benzene rings is 1. The fourth-order valence-electron chi connectivity index (χ4n) is 2.05. The summed E-state index contributed by atoms with van der Waals surface area (Å²) in [5.74, 6) is 0.914. The highest BCUT2D eigenvalue weighted by atomic mass is 79.9. The van der Waals surface area contributed by atoms with Crippen molar-refractivity contribution in [3.05, 3.63) is 52.4 Å². The van der Waals surface area contributed by atoms with Crippen LogP contribution in [-0.2, 0) is 0 Å². The second kappa shape index (κ2) is 6.78. The molecule has 0 aliphatic heterocycles. The SMILES string of the molecule is CCCOc1ccccc1C(NC)c1ccoc1Br. The molecule has 0 saturated carbocycles. The summed E-state index contributed by atoms with van der Waals surface area (Å²) in [5.41, 5.74) is 2.18. The van der Waals surface area contributed by atoms with Gasteiger partial charge in [-0.3, -0.25) is 0 Å². The Balaban J connectivity index is 2.35. The van der Waals surface area contributed by atoms with Crippen molar-refractivity contribution in [3.63, 3.8) is 0 Å². The Morgan fingerprint density at radius 3 is 2.68 bits per heavy atom. The van der Waals surface area contributed by atoms with Gasteiger partial charge in [0.15, 0.2) is 4.67 Å². The largest absolute Gasteiger partial charge is 0.493 e. The van der Waals surface area contributed by atoms with Crippen LogP contribution in [-0.4, -0.2) is 13.7 Å². The van der Waals surface area contributed by atoms with E-state index in [4.69, 9.17) is 9.15 Å². The lowest BCUT2D eigenvalue weighted by Crippen LogP contribution is -2.18. The minimum atomic E-state index is 0.0428. The van der Waals surface area contributed by atoms with Crippen LogP contribution in [0.3, 0.4) is 0 Å². The highest BCUT2D eigenvalue weighted by Crippen LogP contribution is 2.34. The summed E-state index contributed by atoms with van der Waals surface area (Å²) in [6.45, 7) is 2.82. The third kappa shape index (κ3) is 3.19. The zero-order valence-electron chi connectivity index (χ0n) is 11.2. The van der Waals surface area contributed by atoms with Gasteiger partial charge in [0, 0.05) is 11.1 Å². The molecule has 0 spiro atoms. The Kier molecular flexibility index (Phi) is 5.05. The van der Waals surface area contributed by atoms with E-state index in [1.165, 1.54) is 0 Å². The maximum absolute atomic E-state index is 5.82. The second-order valence-corrected chi connectivity index (χ2v) is 4.98. The number of ether oxygens (including phenoxy) is 1. The molecule has 0 fully saturated rings. The minimum absolute atomic E-state index is 0.0428. The first-order chi connectivity index (χ1) is 9.27. The number of rotatable bonds is 6. The van der Waals surface area contributed by atoms with Gasteiger partial charge >= 0.3 is 0 Å². The number of hydrogen-bond acceptors (Lipinski definition) is 3. The van der Waals surface area contributed by atoms with Crippen LogP contribution in [0.1, 0.15) is 30.5 Å². The maximum Gasteiger partial charge on any atom is 0.174 e. The second-order valence-electron chi connectivity index (χ2n) is 4.26. The smallest absolute Gasteiger partial charge is 0.174 e. The van der Waals surface area contributed by atoms with E-state index < -0.39 is 0 Å². The van der Waals surface area contributed by atoms with Crippen LogP contribution in [0.25, 0.3) is 0 Å². The summed E-state index contributed by atoms with van der Waals surface area (Å²) in [6.07, 6.45) is 2.67. The molecule has 1 aromatic carbocycles. The summed E-state index contributed by atoms with van der Waals surface area (Å²) >= 11 is 3.43. The summed E-state index contributed by atoms with van der Waals surface area (Å²) in [4.78, 5) is 0. The fourth-order valence-corrected chi connectivity index (χ4v) is 2.52. The summed E-state index contributed by atoms with van der Waals surface area (Å²) in [7, 11) is 1.93. The molecule has 0 bridgehead atoms. The van der Waals surface area contributed by atoms with Crippen molar-refractivity contribution in [1.82, 2.24) is 5.32 Å². The molecule has 102 valence electrons. The van der Waals surface area contributed by atoms with Gasteiger partial charge in [0.25, 0.3) is 0 Å². The van der Waals surface area contributed by atoms with Crippen LogP contribution in [0.2, 0.25) is 0 Å². The van der Waals surface area contributed by atoms with Crippen molar-refractivity contribution >= 4 is 15.9 Å². The predicted octanol–water partition coefficient (Wildman–Crippen LogP) is 4.14. The van der Waals surface area contributed by atoms with Crippen molar-refractivity contribution in [2.45, 2.75) is 19.4 Å². The first-order valence-electron chi connectivity index (χ1n) is 6.39. The lowest BCUT2D eigenvalue weighted by Gasteiger charge is -2.19. The molecule has 0 radical (unpaired) electrons. The number of hydrogen-bond donors (Lipinski definition) is 1. The molecule has 0 saturated heterocycles. The number of para-hydroxylation sites is 1. The first kappa shape index (κ1) is 14.2. The van der Waals surface area contributed by atoms with E-state index in [1.807, 2.05) is 31.3 Å². The Morgan fingerprint density at radius 2 is 2.05 bits per heavy atom. The van der Waals surface area contributed by atoms with Crippen LogP contribution in [0.5, 0.6) is 5.75 Å². The van der Waals surface area contributed by atoms with E-state index in [9.17, 15) is 0 Å². The van der Waals surface area contributed by atoms with Crippen LogP contribution < -0.4 is 10.1 Å². The molecule has 0 aliphatic rings. The Bertz CT molecular complexity index is 524. The quantitative estimate of drug-likeness (QED) is 0.867. The third-order valence-electron chi connectivity index (χ3n) is 2.94. The third-order valence-corrected chi connectivity index (χ3v) is 3.58. The normalized spacial score (nSPS) is 12.4. The highest BCUT2D eigenvalue weighted by molar-refractivity contribution is 9.10. The van der Waals surface area contributed by atoms with Crippen LogP contribution in [0, 0.1) is 0 Å². The van der Waals surface area contributed by atoms with E-state index >= 15 is 0 Å². The monoisotopic (exact) mass is 323 g/mol. The summed E-state index contributed by atoms with van der Waals surface area (Å²) in [6, 6.07) is 10.1. The molecule has 3 nitrogen and oxygen atoms in total. The molecule has 1 heterocycles. The van der Waals surface area contributed by atoms with Gasteiger partial charge < -0.3 is 14.5 Å². The van der Waals surface area contributed by atoms with E-state index in [0.29, 0.717) is 0 Å². The fraction of sp³-hybridized carbons (Fsp3) is 0.333. The lowest BCUT2D eigenvalue weighted by molar-refractivity contribution is 0.312. The Labute approximate surface area is 122 Å². The van der Waals surface area contributed by atoms with Gasteiger partial charge in [-0.1, -0.05) is 25.1 Å². The summed E-state index contributed by atoms with van der Waals surface area (Å²) in [5, 5.41) is 3.31. The molecular formula is C15H18BrNO2. The predicted molar refractivity (Wildman–Crippen MR) is 79.5 cm³/mol. The first-order valence-corrected chi connectivity index (χ1v) is 7.19. The van der Waals surface area contributed by atoms with Gasteiger partial charge in [-0.2, -0.15) is 0 Å². The van der Waals surface area contributed by atoms with Gasteiger partial charge in [0.1, 0.15) is 5.75 Å². The van der Waals surface area contributed by atoms with Gasteiger partial charge in [-0.25, -0.2) is 0 Å². The van der Waals surface area contributed by atoms with Gasteiger partial charge in [-0.05, 0) is 41.5 Å². The molecule has 1 aromatic heterocycles. The van der Waals surface area contributed by atoms with Crippen molar-refractivity contribution in [2.24, 2.45) is 0 Å². The zero-order valence-corrected chi connectivity index (χ0v) is 12.7. The van der Waals surface area contributed by atoms with Crippen LogP contribution in [0.4, 0.5) is 0 Å². The van der Waals surface area contributed by atoms with E-state index in [0.717, 1.165) is 34.6 Å². The molecule has 1 atom stereocenters. The molecule has 1 unspecified atom stereocenters. The average Bonchev–Trinajstić information content (AvgIpc) is 2.85. The van der Waals surface area contributed by atoms with Gasteiger partial charge in [0.05, 0.1) is 18.9 Å². The van der Waals surface area contributed by atoms with E-state index in [-0.39, 0.29) is 6.04 Å². The molecule has 1 N–H and O–H groups in total. The van der Waals surface area contributed by atoms with E-state index in [1.54, 1.807) is 6.26 Å². The zero-order chi connectivity index (χ0) is 13.7. The highest BCUT2D eigenvalue weighted by Gasteiger charge is 2.20. The van der Waals surface area contributed by atoms with Crippen molar-refractivity contribution in [2.75, 3.05) is 13.7 Å². The molecule has 4 heteroatoms. The van der Waals surface area contributed by atoms with E-state index in [2.05, 4.69) is 34.2 Å².